The lowest BCUT2D eigenvalue weighted by Gasteiger charge is -2.24. The molecule has 1 unspecified atom stereocenters. The average Bonchev–Trinajstić information content (AvgIpc) is 2.52. The van der Waals surface area contributed by atoms with Crippen molar-refractivity contribution < 1.29 is 9.47 Å². The third-order valence-electron chi connectivity index (χ3n) is 3.55. The predicted molar refractivity (Wildman–Crippen MR) is 84.0 cm³/mol. The van der Waals surface area contributed by atoms with Gasteiger partial charge in [0, 0.05) is 12.4 Å². The van der Waals surface area contributed by atoms with Crippen molar-refractivity contribution in [1.29, 1.82) is 0 Å². The van der Waals surface area contributed by atoms with Crippen LogP contribution in [0.15, 0.2) is 36.7 Å². The number of nitrogens with one attached hydrogen (secondary N) is 1. The highest BCUT2D eigenvalue weighted by Crippen LogP contribution is 2.37. The molecule has 0 aliphatic carbocycles. The molecule has 1 N–H and O–H groups in total. The van der Waals surface area contributed by atoms with Crippen molar-refractivity contribution in [1.82, 2.24) is 10.3 Å². The molecule has 0 fully saturated rings. The second-order valence-corrected chi connectivity index (χ2v) is 4.80. The van der Waals surface area contributed by atoms with Gasteiger partial charge < -0.3 is 14.8 Å². The van der Waals surface area contributed by atoms with Crippen LogP contribution in [0.3, 0.4) is 0 Å². The second kappa shape index (κ2) is 7.09. The molecule has 1 atom stereocenters. The first-order valence-corrected chi connectivity index (χ1v) is 7.07. The van der Waals surface area contributed by atoms with Gasteiger partial charge in [0.15, 0.2) is 0 Å². The van der Waals surface area contributed by atoms with Crippen LogP contribution < -0.4 is 14.8 Å². The lowest BCUT2D eigenvalue weighted by Crippen LogP contribution is -2.24. The molecule has 0 saturated heterocycles. The first kappa shape index (κ1) is 15.3. The number of nitrogens with zero attached hydrogens (tertiary/aromatic N) is 1. The fourth-order valence-electron chi connectivity index (χ4n) is 2.51. The van der Waals surface area contributed by atoms with Crippen LogP contribution in [0.1, 0.15) is 29.7 Å². The molecule has 0 radical (unpaired) electrons. The van der Waals surface area contributed by atoms with Crippen molar-refractivity contribution in [3.8, 4) is 11.5 Å². The van der Waals surface area contributed by atoms with E-state index in [1.54, 1.807) is 20.4 Å². The molecule has 0 spiro atoms. The van der Waals surface area contributed by atoms with Crippen molar-refractivity contribution in [2.75, 3.05) is 20.8 Å². The Kier molecular flexibility index (Phi) is 5.17. The highest BCUT2D eigenvalue weighted by Gasteiger charge is 2.23. The number of aryl methyl sites for hydroxylation is 1. The molecule has 0 saturated carbocycles. The van der Waals surface area contributed by atoms with Crippen LogP contribution in [0.4, 0.5) is 0 Å². The molecule has 0 aliphatic rings. The highest BCUT2D eigenvalue weighted by molar-refractivity contribution is 5.51. The van der Waals surface area contributed by atoms with E-state index in [4.69, 9.17) is 9.47 Å². The Morgan fingerprint density at radius 2 is 1.81 bits per heavy atom. The van der Waals surface area contributed by atoms with Gasteiger partial charge in [0.05, 0.1) is 25.8 Å². The monoisotopic (exact) mass is 286 g/mol. The van der Waals surface area contributed by atoms with Gasteiger partial charge in [0.1, 0.15) is 11.5 Å². The van der Waals surface area contributed by atoms with Gasteiger partial charge in [-0.3, -0.25) is 4.98 Å². The van der Waals surface area contributed by atoms with Gasteiger partial charge in [-0.2, -0.15) is 0 Å². The molecular formula is C17H22N2O2. The van der Waals surface area contributed by atoms with Crippen molar-refractivity contribution in [2.45, 2.75) is 19.9 Å². The Bertz CT molecular complexity index is 577. The summed E-state index contributed by atoms with van der Waals surface area (Å²) in [6.07, 6.45) is 3.70. The van der Waals surface area contributed by atoms with E-state index in [-0.39, 0.29) is 6.04 Å². The third kappa shape index (κ3) is 3.16. The third-order valence-corrected chi connectivity index (χ3v) is 3.55. The minimum absolute atomic E-state index is 0.0187. The molecule has 4 nitrogen and oxygen atoms in total. The highest BCUT2D eigenvalue weighted by atomic mass is 16.5. The number of rotatable bonds is 6. The Labute approximate surface area is 126 Å². The van der Waals surface area contributed by atoms with Gasteiger partial charge in [0.25, 0.3) is 0 Å². The molecule has 2 rings (SSSR count). The number of aromatic nitrogens is 1. The molecule has 2 aromatic rings. The molecule has 0 bridgehead atoms. The summed E-state index contributed by atoms with van der Waals surface area (Å²) in [6.45, 7) is 5.00. The number of ether oxygens (including phenoxy) is 2. The van der Waals surface area contributed by atoms with Crippen LogP contribution in [0.2, 0.25) is 0 Å². The molecule has 4 heteroatoms. The molecule has 112 valence electrons. The minimum atomic E-state index is -0.0187. The number of hydrogen-bond donors (Lipinski definition) is 1. The molecule has 21 heavy (non-hydrogen) atoms. The van der Waals surface area contributed by atoms with Crippen LogP contribution >= 0.6 is 0 Å². The molecule has 0 amide bonds. The minimum Gasteiger partial charge on any atom is -0.496 e. The largest absolute Gasteiger partial charge is 0.496 e. The lowest BCUT2D eigenvalue weighted by atomic mass is 9.95. The smallest absolute Gasteiger partial charge is 0.127 e. The van der Waals surface area contributed by atoms with E-state index in [0.29, 0.717) is 0 Å². The quantitative estimate of drug-likeness (QED) is 0.886. The van der Waals surface area contributed by atoms with Gasteiger partial charge in [-0.1, -0.05) is 13.0 Å². The first-order chi connectivity index (χ1) is 10.2. The fraction of sp³-hybridized carbons (Fsp3) is 0.353. The van der Waals surface area contributed by atoms with Crippen LogP contribution in [-0.4, -0.2) is 25.7 Å². The van der Waals surface area contributed by atoms with Gasteiger partial charge in [-0.05, 0) is 42.8 Å². The summed E-state index contributed by atoms with van der Waals surface area (Å²) in [6, 6.07) is 7.83. The summed E-state index contributed by atoms with van der Waals surface area (Å²) in [5.74, 6) is 1.62. The predicted octanol–water partition coefficient (Wildman–Crippen LogP) is 3.11. The summed E-state index contributed by atoms with van der Waals surface area (Å²) in [5, 5.41) is 3.51. The molecule has 0 aliphatic heterocycles. The van der Waals surface area contributed by atoms with Crippen LogP contribution in [-0.2, 0) is 0 Å². The van der Waals surface area contributed by atoms with Gasteiger partial charge in [0.2, 0.25) is 0 Å². The molecular weight excluding hydrogens is 264 g/mol. The zero-order valence-electron chi connectivity index (χ0n) is 13.0. The topological polar surface area (TPSA) is 43.4 Å². The number of pyridine rings is 1. The lowest BCUT2D eigenvalue weighted by molar-refractivity contribution is 0.377. The van der Waals surface area contributed by atoms with E-state index in [0.717, 1.165) is 29.2 Å². The van der Waals surface area contributed by atoms with E-state index in [1.165, 1.54) is 5.56 Å². The summed E-state index contributed by atoms with van der Waals surface area (Å²) in [7, 11) is 3.36. The summed E-state index contributed by atoms with van der Waals surface area (Å²) in [4.78, 5) is 4.26. The van der Waals surface area contributed by atoms with Crippen LogP contribution in [0.5, 0.6) is 11.5 Å². The average molecular weight is 286 g/mol. The maximum atomic E-state index is 5.54. The summed E-state index contributed by atoms with van der Waals surface area (Å²) in [5.41, 5.74) is 3.31. The van der Waals surface area contributed by atoms with Gasteiger partial charge >= 0.3 is 0 Å². The number of methoxy groups -OCH3 is 2. The Morgan fingerprint density at radius 3 is 2.33 bits per heavy atom. The van der Waals surface area contributed by atoms with Crippen LogP contribution in [0.25, 0.3) is 0 Å². The standard InChI is InChI=1S/C17H22N2O2/c1-5-19-17(13-11-18-10-9-12(13)2)16-14(20-3)7-6-8-15(16)21-4/h6-11,17,19H,5H2,1-4H3. The maximum Gasteiger partial charge on any atom is 0.127 e. The normalized spacial score (nSPS) is 12.0. The molecule has 1 heterocycles. The molecule has 1 aromatic carbocycles. The van der Waals surface area contributed by atoms with Crippen molar-refractivity contribution in [3.05, 3.63) is 53.3 Å². The zero-order valence-corrected chi connectivity index (χ0v) is 13.0. The van der Waals surface area contributed by atoms with E-state index in [2.05, 4.69) is 24.1 Å². The van der Waals surface area contributed by atoms with E-state index in [9.17, 15) is 0 Å². The first-order valence-electron chi connectivity index (χ1n) is 7.07. The van der Waals surface area contributed by atoms with E-state index < -0.39 is 0 Å². The van der Waals surface area contributed by atoms with Crippen molar-refractivity contribution in [3.63, 3.8) is 0 Å². The van der Waals surface area contributed by atoms with Gasteiger partial charge in [-0.25, -0.2) is 0 Å². The zero-order chi connectivity index (χ0) is 15.2. The number of benzene rings is 1. The maximum absolute atomic E-state index is 5.54. The van der Waals surface area contributed by atoms with E-state index in [1.807, 2.05) is 30.5 Å². The van der Waals surface area contributed by atoms with E-state index >= 15 is 0 Å². The second-order valence-electron chi connectivity index (χ2n) is 4.80. The SMILES string of the molecule is CCNC(c1cnccc1C)c1c(OC)cccc1OC. The Morgan fingerprint density at radius 1 is 1.14 bits per heavy atom. The van der Waals surface area contributed by atoms with Crippen LogP contribution in [0, 0.1) is 6.92 Å². The van der Waals surface area contributed by atoms with Crippen molar-refractivity contribution in [2.24, 2.45) is 0 Å². The summed E-state index contributed by atoms with van der Waals surface area (Å²) < 4.78 is 11.1. The molecule has 1 aromatic heterocycles. The fourth-order valence-corrected chi connectivity index (χ4v) is 2.51. The number of hydrogen-bond acceptors (Lipinski definition) is 4. The summed E-state index contributed by atoms with van der Waals surface area (Å²) >= 11 is 0. The Hall–Kier alpha value is -2.07. The Balaban J connectivity index is 2.61. The van der Waals surface area contributed by atoms with Gasteiger partial charge in [-0.15, -0.1) is 0 Å². The van der Waals surface area contributed by atoms with Crippen molar-refractivity contribution >= 4 is 0 Å².